The molecule has 2 aliphatic rings. The van der Waals surface area contributed by atoms with Gasteiger partial charge in [-0.1, -0.05) is 18.2 Å². The lowest BCUT2D eigenvalue weighted by Gasteiger charge is -2.42. The third-order valence-electron chi connectivity index (χ3n) is 5.72. The molecule has 1 aromatic carbocycles. The van der Waals surface area contributed by atoms with Crippen LogP contribution in [0.15, 0.2) is 65.7 Å². The van der Waals surface area contributed by atoms with Gasteiger partial charge in [0.25, 0.3) is 11.5 Å². The number of nitrogens with zero attached hydrogens (tertiary/aromatic N) is 4. The fraction of sp³-hybridized carbons (Fsp3) is 0.273. The summed E-state index contributed by atoms with van der Waals surface area (Å²) in [5, 5.41) is 2.77. The molecule has 2 atom stereocenters. The number of carbonyl (C=O) groups excluding carboxylic acids is 1. The van der Waals surface area contributed by atoms with Gasteiger partial charge < -0.3 is 14.8 Å². The van der Waals surface area contributed by atoms with E-state index >= 15 is 0 Å². The smallest absolute Gasteiger partial charge is 0.274 e. The quantitative estimate of drug-likeness (QED) is 0.747. The average Bonchev–Trinajstić information content (AvgIpc) is 2.77. The molecule has 3 aromatic rings. The Labute approximate surface area is 168 Å². The van der Waals surface area contributed by atoms with Gasteiger partial charge in [-0.2, -0.15) is 0 Å². The van der Waals surface area contributed by atoms with Crippen molar-refractivity contribution >= 4 is 17.5 Å². The number of piperidine rings is 1. The lowest BCUT2D eigenvalue weighted by Crippen LogP contribution is -2.48. The number of hydrogen-bond acceptors (Lipinski definition) is 5. The second-order valence-electron chi connectivity index (χ2n) is 7.66. The van der Waals surface area contributed by atoms with E-state index in [4.69, 9.17) is 0 Å². The van der Waals surface area contributed by atoms with Crippen LogP contribution in [0.4, 0.5) is 11.6 Å². The van der Waals surface area contributed by atoms with Crippen molar-refractivity contribution in [3.05, 3.63) is 82.5 Å². The summed E-state index contributed by atoms with van der Waals surface area (Å²) in [6.07, 6.45) is 4.57. The van der Waals surface area contributed by atoms with Crippen LogP contribution >= 0.6 is 0 Å². The van der Waals surface area contributed by atoms with Crippen molar-refractivity contribution in [3.8, 4) is 0 Å². The Kier molecular flexibility index (Phi) is 4.35. The van der Waals surface area contributed by atoms with Crippen molar-refractivity contribution in [2.45, 2.75) is 18.9 Å². The van der Waals surface area contributed by atoms with E-state index in [9.17, 15) is 9.59 Å². The second kappa shape index (κ2) is 7.16. The number of aromatic nitrogens is 3. The first-order valence-electron chi connectivity index (χ1n) is 9.81. The minimum Gasteiger partial charge on any atom is -0.340 e. The van der Waals surface area contributed by atoms with E-state index in [0.29, 0.717) is 23.7 Å². The van der Waals surface area contributed by atoms with Gasteiger partial charge in [-0.15, -0.1) is 0 Å². The Bertz CT molecular complexity index is 1100. The van der Waals surface area contributed by atoms with Gasteiger partial charge in [0, 0.05) is 49.2 Å². The molecule has 7 heteroatoms. The van der Waals surface area contributed by atoms with Gasteiger partial charge in [-0.3, -0.25) is 9.59 Å². The molecule has 2 aromatic heterocycles. The Morgan fingerprint density at radius 1 is 0.966 bits per heavy atom. The summed E-state index contributed by atoms with van der Waals surface area (Å²) in [5.74, 6) is 1.07. The van der Waals surface area contributed by atoms with Gasteiger partial charge in [-0.25, -0.2) is 9.97 Å². The lowest BCUT2D eigenvalue weighted by molar-refractivity contribution is 0.102. The SMILES string of the molecule is O=C(Nc1ccc2n(c1=O)C[C@@H]1C[C@@H]2CN(c2ncccn2)C1)c1ccccc1. The van der Waals surface area contributed by atoms with Crippen LogP contribution in [-0.4, -0.2) is 33.5 Å². The standard InChI is InChI=1S/C22H21N5O2/c28-20(16-5-2-1-3-6-16)25-18-7-8-19-17-11-15(13-27(19)21(18)29)12-26(14-17)22-23-9-4-10-24-22/h1-10,15,17H,11-14H2,(H,25,28)/t15-,17-/m1/s1. The van der Waals surface area contributed by atoms with Crippen molar-refractivity contribution in [2.24, 2.45) is 5.92 Å². The Balaban J connectivity index is 1.41. The van der Waals surface area contributed by atoms with Crippen LogP contribution in [0.25, 0.3) is 0 Å². The largest absolute Gasteiger partial charge is 0.340 e. The minimum absolute atomic E-state index is 0.133. The molecule has 7 nitrogen and oxygen atoms in total. The van der Waals surface area contributed by atoms with Gasteiger partial charge in [0.1, 0.15) is 5.69 Å². The van der Waals surface area contributed by atoms with Crippen molar-refractivity contribution in [1.29, 1.82) is 0 Å². The van der Waals surface area contributed by atoms with Gasteiger partial charge >= 0.3 is 0 Å². The molecule has 1 amide bonds. The van der Waals surface area contributed by atoms with E-state index in [2.05, 4.69) is 20.2 Å². The van der Waals surface area contributed by atoms with Crippen LogP contribution in [-0.2, 0) is 6.54 Å². The van der Waals surface area contributed by atoms with E-state index in [1.807, 2.05) is 22.8 Å². The van der Waals surface area contributed by atoms with E-state index in [1.165, 1.54) is 0 Å². The summed E-state index contributed by atoms with van der Waals surface area (Å²) < 4.78 is 1.84. The molecular formula is C22H21N5O2. The molecule has 1 saturated heterocycles. The minimum atomic E-state index is -0.272. The lowest BCUT2D eigenvalue weighted by atomic mass is 9.83. The highest BCUT2D eigenvalue weighted by Gasteiger charge is 2.35. The average molecular weight is 387 g/mol. The molecule has 2 bridgehead atoms. The van der Waals surface area contributed by atoms with Crippen LogP contribution in [0.2, 0.25) is 0 Å². The van der Waals surface area contributed by atoms with Crippen molar-refractivity contribution in [3.63, 3.8) is 0 Å². The van der Waals surface area contributed by atoms with Gasteiger partial charge in [-0.05, 0) is 42.7 Å². The van der Waals surface area contributed by atoms with Crippen LogP contribution < -0.4 is 15.8 Å². The van der Waals surface area contributed by atoms with E-state index in [-0.39, 0.29) is 17.4 Å². The van der Waals surface area contributed by atoms with Crippen molar-refractivity contribution in [1.82, 2.24) is 14.5 Å². The zero-order valence-corrected chi connectivity index (χ0v) is 15.9. The molecule has 0 unspecified atom stereocenters. The molecule has 29 heavy (non-hydrogen) atoms. The predicted octanol–water partition coefficient (Wildman–Crippen LogP) is 2.51. The molecular weight excluding hydrogens is 366 g/mol. The second-order valence-corrected chi connectivity index (χ2v) is 7.66. The number of amides is 1. The third-order valence-corrected chi connectivity index (χ3v) is 5.72. The number of hydrogen-bond donors (Lipinski definition) is 1. The van der Waals surface area contributed by atoms with Crippen molar-refractivity contribution in [2.75, 3.05) is 23.3 Å². The molecule has 0 aliphatic carbocycles. The summed E-state index contributed by atoms with van der Waals surface area (Å²) in [6.45, 7) is 2.26. The molecule has 5 rings (SSSR count). The number of rotatable bonds is 3. The normalized spacial score (nSPS) is 20.1. The first-order chi connectivity index (χ1) is 14.2. The van der Waals surface area contributed by atoms with Crippen molar-refractivity contribution < 1.29 is 4.79 Å². The highest BCUT2D eigenvalue weighted by Crippen LogP contribution is 2.36. The number of benzene rings is 1. The fourth-order valence-electron chi connectivity index (χ4n) is 4.44. The molecule has 0 spiro atoms. The Hall–Kier alpha value is -3.48. The first kappa shape index (κ1) is 17.6. The highest BCUT2D eigenvalue weighted by molar-refractivity contribution is 6.04. The zero-order valence-electron chi connectivity index (χ0n) is 15.9. The summed E-state index contributed by atoms with van der Waals surface area (Å²) in [7, 11) is 0. The van der Waals surface area contributed by atoms with Crippen LogP contribution in [0.3, 0.4) is 0 Å². The molecule has 4 heterocycles. The summed E-state index contributed by atoms with van der Waals surface area (Å²) >= 11 is 0. The number of nitrogens with one attached hydrogen (secondary N) is 1. The molecule has 1 N–H and O–H groups in total. The summed E-state index contributed by atoms with van der Waals surface area (Å²) in [5.41, 5.74) is 1.74. The number of fused-ring (bicyclic) bond motifs is 4. The maximum Gasteiger partial charge on any atom is 0.274 e. The van der Waals surface area contributed by atoms with Gasteiger partial charge in [0.15, 0.2) is 0 Å². The van der Waals surface area contributed by atoms with Gasteiger partial charge in [0.2, 0.25) is 5.95 Å². The Morgan fingerprint density at radius 3 is 2.55 bits per heavy atom. The topological polar surface area (TPSA) is 80.1 Å². The molecule has 1 fully saturated rings. The summed E-state index contributed by atoms with van der Waals surface area (Å²) in [6, 6.07) is 14.4. The molecule has 0 radical (unpaired) electrons. The maximum absolute atomic E-state index is 13.1. The van der Waals surface area contributed by atoms with Gasteiger partial charge in [0.05, 0.1) is 0 Å². The first-order valence-corrected chi connectivity index (χ1v) is 9.81. The van der Waals surface area contributed by atoms with E-state index in [0.717, 1.165) is 31.2 Å². The van der Waals surface area contributed by atoms with Crippen LogP contribution in [0.1, 0.15) is 28.4 Å². The molecule has 146 valence electrons. The maximum atomic E-state index is 13.1. The predicted molar refractivity (Wildman–Crippen MR) is 110 cm³/mol. The van der Waals surface area contributed by atoms with E-state index in [1.54, 1.807) is 42.7 Å². The number of pyridine rings is 1. The van der Waals surface area contributed by atoms with Crippen LogP contribution in [0, 0.1) is 5.92 Å². The monoisotopic (exact) mass is 387 g/mol. The number of carbonyl (C=O) groups is 1. The molecule has 0 saturated carbocycles. The Morgan fingerprint density at radius 2 is 1.76 bits per heavy atom. The third kappa shape index (κ3) is 3.29. The van der Waals surface area contributed by atoms with E-state index < -0.39 is 0 Å². The molecule has 2 aliphatic heterocycles. The fourth-order valence-corrected chi connectivity index (χ4v) is 4.44. The highest BCUT2D eigenvalue weighted by atomic mass is 16.2. The summed E-state index contributed by atoms with van der Waals surface area (Å²) in [4.78, 5) is 36.5. The van der Waals surface area contributed by atoms with Crippen LogP contribution in [0.5, 0.6) is 0 Å². The number of anilines is 2. The zero-order chi connectivity index (χ0) is 19.8.